The Morgan fingerprint density at radius 3 is 2.63 bits per heavy atom. The van der Waals surface area contributed by atoms with Gasteiger partial charge in [0, 0.05) is 13.2 Å². The summed E-state index contributed by atoms with van der Waals surface area (Å²) in [5, 5.41) is -0.0766. The Kier molecular flexibility index (Phi) is 4.23. The number of nitrogen functional groups attached to an aromatic ring is 1. The highest BCUT2D eigenvalue weighted by molar-refractivity contribution is 7.93. The van der Waals surface area contributed by atoms with Crippen LogP contribution < -0.4 is 10.5 Å². The minimum Gasteiger partial charge on any atom is -0.398 e. The number of benzene rings is 1. The molecule has 0 radical (unpaired) electrons. The highest BCUT2D eigenvalue weighted by Gasteiger charge is 2.28. The van der Waals surface area contributed by atoms with Gasteiger partial charge in [-0.3, -0.25) is 4.72 Å². The molecular weight excluding hydrogens is 288 g/mol. The fourth-order valence-corrected chi connectivity index (χ4v) is 3.71. The highest BCUT2D eigenvalue weighted by atomic mass is 35.5. The summed E-state index contributed by atoms with van der Waals surface area (Å²) < 4.78 is 32.3. The van der Waals surface area contributed by atoms with Gasteiger partial charge in [-0.1, -0.05) is 11.6 Å². The minimum atomic E-state index is -3.42. The van der Waals surface area contributed by atoms with E-state index in [1.165, 1.54) is 0 Å². The van der Waals surface area contributed by atoms with Gasteiger partial charge in [0.05, 0.1) is 21.6 Å². The van der Waals surface area contributed by atoms with E-state index in [2.05, 4.69) is 4.72 Å². The molecule has 1 aliphatic heterocycles. The van der Waals surface area contributed by atoms with Crippen LogP contribution in [0.1, 0.15) is 18.4 Å². The van der Waals surface area contributed by atoms with Gasteiger partial charge in [-0.2, -0.15) is 0 Å². The van der Waals surface area contributed by atoms with Crippen molar-refractivity contribution in [3.8, 4) is 0 Å². The van der Waals surface area contributed by atoms with Crippen molar-refractivity contribution in [2.24, 2.45) is 0 Å². The van der Waals surface area contributed by atoms with Crippen LogP contribution in [0.25, 0.3) is 0 Å². The number of sulfonamides is 1. The number of rotatable bonds is 3. The predicted molar refractivity (Wildman–Crippen MR) is 77.0 cm³/mol. The van der Waals surface area contributed by atoms with Crippen molar-refractivity contribution >= 4 is 33.0 Å². The van der Waals surface area contributed by atoms with Crippen molar-refractivity contribution in [2.75, 3.05) is 23.7 Å². The molecule has 0 saturated carbocycles. The molecule has 3 N–H and O–H groups in total. The van der Waals surface area contributed by atoms with E-state index in [9.17, 15) is 8.42 Å². The third-order valence-corrected chi connectivity index (χ3v) is 5.38. The van der Waals surface area contributed by atoms with Crippen molar-refractivity contribution in [1.29, 1.82) is 0 Å². The molecule has 5 nitrogen and oxygen atoms in total. The zero-order valence-electron chi connectivity index (χ0n) is 10.6. The molecule has 106 valence electrons. The van der Waals surface area contributed by atoms with Gasteiger partial charge in [0.15, 0.2) is 0 Å². The molecule has 1 saturated heterocycles. The molecule has 1 heterocycles. The molecule has 1 aromatic rings. The second-order valence-electron chi connectivity index (χ2n) is 4.65. The number of nitrogens with one attached hydrogen (secondary N) is 1. The first-order chi connectivity index (χ1) is 8.90. The van der Waals surface area contributed by atoms with Crippen LogP contribution in [0.15, 0.2) is 12.1 Å². The van der Waals surface area contributed by atoms with E-state index in [1.54, 1.807) is 19.1 Å². The standard InChI is InChI=1S/C12H17ClN2O3S/c1-8-6-11(14)10(13)7-12(8)15-19(16,17)9-2-4-18-5-3-9/h6-7,9,15H,2-5,14H2,1H3. The van der Waals surface area contributed by atoms with Crippen molar-refractivity contribution in [3.05, 3.63) is 22.7 Å². The maximum absolute atomic E-state index is 12.3. The Bertz CT molecular complexity index is 569. The van der Waals surface area contributed by atoms with Gasteiger partial charge in [-0.25, -0.2) is 8.42 Å². The monoisotopic (exact) mass is 304 g/mol. The smallest absolute Gasteiger partial charge is 0.235 e. The van der Waals surface area contributed by atoms with Crippen molar-refractivity contribution in [2.45, 2.75) is 25.0 Å². The maximum atomic E-state index is 12.3. The molecule has 7 heteroatoms. The normalized spacial score (nSPS) is 17.4. The summed E-state index contributed by atoms with van der Waals surface area (Å²) in [6.45, 7) is 2.74. The summed E-state index contributed by atoms with van der Waals surface area (Å²) in [6, 6.07) is 3.20. The number of hydrogen-bond donors (Lipinski definition) is 2. The Morgan fingerprint density at radius 2 is 2.00 bits per heavy atom. The highest BCUT2D eigenvalue weighted by Crippen LogP contribution is 2.28. The molecule has 19 heavy (non-hydrogen) atoms. The van der Waals surface area contributed by atoms with Crippen LogP contribution in [0.4, 0.5) is 11.4 Å². The van der Waals surface area contributed by atoms with Crippen LogP contribution in [-0.4, -0.2) is 26.9 Å². The average Bonchev–Trinajstić information content (AvgIpc) is 2.37. The van der Waals surface area contributed by atoms with Gasteiger partial charge < -0.3 is 10.5 Å². The lowest BCUT2D eigenvalue weighted by Crippen LogP contribution is -2.33. The van der Waals surface area contributed by atoms with Crippen LogP contribution in [0.2, 0.25) is 5.02 Å². The molecule has 0 amide bonds. The largest absolute Gasteiger partial charge is 0.398 e. The number of nitrogens with two attached hydrogens (primary N) is 1. The minimum absolute atomic E-state index is 0.343. The van der Waals surface area contributed by atoms with E-state index >= 15 is 0 Å². The zero-order chi connectivity index (χ0) is 14.0. The Balaban J connectivity index is 2.22. The number of halogens is 1. The van der Waals surface area contributed by atoms with Gasteiger partial charge in [0.2, 0.25) is 10.0 Å². The second-order valence-corrected chi connectivity index (χ2v) is 7.02. The summed E-state index contributed by atoms with van der Waals surface area (Å²) in [4.78, 5) is 0. The van der Waals surface area contributed by atoms with E-state index in [4.69, 9.17) is 22.1 Å². The SMILES string of the molecule is Cc1cc(N)c(Cl)cc1NS(=O)(=O)C1CCOCC1. The van der Waals surface area contributed by atoms with Crippen LogP contribution in [0.5, 0.6) is 0 Å². The fraction of sp³-hybridized carbons (Fsp3) is 0.500. The number of hydrogen-bond acceptors (Lipinski definition) is 4. The molecule has 1 aromatic carbocycles. The van der Waals surface area contributed by atoms with Gasteiger partial charge >= 0.3 is 0 Å². The summed E-state index contributed by atoms with van der Waals surface area (Å²) >= 11 is 5.92. The van der Waals surface area contributed by atoms with Crippen molar-refractivity contribution in [3.63, 3.8) is 0 Å². The van der Waals surface area contributed by atoms with Crippen LogP contribution >= 0.6 is 11.6 Å². The fourth-order valence-electron chi connectivity index (χ4n) is 2.04. The van der Waals surface area contributed by atoms with E-state index in [1.807, 2.05) is 0 Å². The molecule has 0 bridgehead atoms. The Labute approximate surface area is 118 Å². The predicted octanol–water partition coefficient (Wildman–Crippen LogP) is 2.15. The van der Waals surface area contributed by atoms with Gasteiger partial charge in [-0.15, -0.1) is 0 Å². The molecule has 0 spiro atoms. The average molecular weight is 305 g/mol. The molecule has 1 fully saturated rings. The van der Waals surface area contributed by atoms with E-state index < -0.39 is 15.3 Å². The lowest BCUT2D eigenvalue weighted by Gasteiger charge is -2.23. The lowest BCUT2D eigenvalue weighted by molar-refractivity contribution is 0.0984. The molecule has 0 aromatic heterocycles. The van der Waals surface area contributed by atoms with Gasteiger partial charge in [0.1, 0.15) is 0 Å². The summed E-state index contributed by atoms with van der Waals surface area (Å²) in [7, 11) is -3.42. The van der Waals surface area contributed by atoms with E-state index in [0.717, 1.165) is 5.56 Å². The first kappa shape index (κ1) is 14.4. The maximum Gasteiger partial charge on any atom is 0.235 e. The van der Waals surface area contributed by atoms with Gasteiger partial charge in [-0.05, 0) is 37.5 Å². The number of anilines is 2. The van der Waals surface area contributed by atoms with Crippen molar-refractivity contribution in [1.82, 2.24) is 0 Å². The molecule has 0 atom stereocenters. The molecular formula is C12H17ClN2O3S. The summed E-state index contributed by atoms with van der Waals surface area (Å²) in [5.41, 5.74) is 7.33. The van der Waals surface area contributed by atoms with Crippen molar-refractivity contribution < 1.29 is 13.2 Å². The molecule has 2 rings (SSSR count). The number of ether oxygens (including phenoxy) is 1. The zero-order valence-corrected chi connectivity index (χ0v) is 12.2. The van der Waals surface area contributed by atoms with E-state index in [-0.39, 0.29) is 0 Å². The topological polar surface area (TPSA) is 81.4 Å². The second kappa shape index (κ2) is 5.56. The van der Waals surface area contributed by atoms with E-state index in [0.29, 0.717) is 42.5 Å². The third-order valence-electron chi connectivity index (χ3n) is 3.20. The number of aryl methyl sites for hydroxylation is 1. The quantitative estimate of drug-likeness (QED) is 0.838. The van der Waals surface area contributed by atoms with Gasteiger partial charge in [0.25, 0.3) is 0 Å². The Hall–Kier alpha value is -0.980. The molecule has 0 unspecified atom stereocenters. The first-order valence-electron chi connectivity index (χ1n) is 6.05. The lowest BCUT2D eigenvalue weighted by atomic mass is 10.2. The summed E-state index contributed by atoms with van der Waals surface area (Å²) in [6.07, 6.45) is 1.02. The molecule has 0 aliphatic carbocycles. The van der Waals surface area contributed by atoms with Crippen LogP contribution in [0, 0.1) is 6.92 Å². The molecule has 1 aliphatic rings. The van der Waals surface area contributed by atoms with Crippen LogP contribution in [0.3, 0.4) is 0 Å². The summed E-state index contributed by atoms with van der Waals surface area (Å²) in [5.74, 6) is 0. The van der Waals surface area contributed by atoms with Crippen LogP contribution in [-0.2, 0) is 14.8 Å². The third kappa shape index (κ3) is 3.32. The Morgan fingerprint density at radius 1 is 1.37 bits per heavy atom. The first-order valence-corrected chi connectivity index (χ1v) is 7.97.